The lowest BCUT2D eigenvalue weighted by Gasteiger charge is -2.33. The number of ether oxygens (including phenoxy) is 1. The zero-order valence-corrected chi connectivity index (χ0v) is 19.9. The van der Waals surface area contributed by atoms with E-state index in [1.807, 2.05) is 24.3 Å². The van der Waals surface area contributed by atoms with Gasteiger partial charge >= 0.3 is 5.97 Å². The number of benzene rings is 4. The molecule has 0 fully saturated rings. The fraction of sp³-hybridized carbons (Fsp3) is 0.207. The fourth-order valence-electron chi connectivity index (χ4n) is 4.87. The normalized spacial score (nSPS) is 16.7. The number of hydrogen-bond acceptors (Lipinski definition) is 3. The summed E-state index contributed by atoms with van der Waals surface area (Å²) in [4.78, 5) is 11.5. The van der Waals surface area contributed by atoms with Gasteiger partial charge in [0.25, 0.3) is 0 Å². The van der Waals surface area contributed by atoms with Crippen LogP contribution in [0.2, 0.25) is 0 Å². The molecule has 0 aromatic heterocycles. The number of aromatic carboxylic acids is 1. The monoisotopic (exact) mass is 491 g/mol. The molecular weight excluding hydrogens is 465 g/mol. The topological polar surface area (TPSA) is 58.6 Å². The Morgan fingerprint density at radius 1 is 1.00 bits per heavy atom. The van der Waals surface area contributed by atoms with Crippen LogP contribution in [0.25, 0.3) is 10.8 Å². The molecule has 35 heavy (non-hydrogen) atoms. The van der Waals surface area contributed by atoms with Crippen LogP contribution < -0.4 is 10.1 Å². The second kappa shape index (κ2) is 10.9. The van der Waals surface area contributed by atoms with Crippen molar-refractivity contribution < 1.29 is 19.0 Å². The second-order valence-electron chi connectivity index (χ2n) is 8.74. The largest absolute Gasteiger partial charge is 0.489 e. The Balaban J connectivity index is 0.00000289. The smallest absolute Gasteiger partial charge is 0.335 e. The number of nitrogens with one attached hydrogen (secondary N) is 1. The molecule has 0 amide bonds. The van der Waals surface area contributed by atoms with E-state index in [0.717, 1.165) is 30.3 Å². The molecule has 1 aliphatic heterocycles. The molecule has 0 radical (unpaired) electrons. The SMILES string of the molecule is Cl.O=C(O)c1cc(F)cc(C2CC(CNCCc3cccc4ccccc34)Oc3ccccc32)c1. The summed E-state index contributed by atoms with van der Waals surface area (Å²) in [5, 5.41) is 15.4. The maximum atomic E-state index is 14.2. The van der Waals surface area contributed by atoms with Crippen molar-refractivity contribution >= 4 is 29.1 Å². The summed E-state index contributed by atoms with van der Waals surface area (Å²) in [5.41, 5.74) is 2.88. The minimum atomic E-state index is -1.13. The first kappa shape index (κ1) is 24.7. The summed E-state index contributed by atoms with van der Waals surface area (Å²) < 4.78 is 20.5. The fourth-order valence-corrected chi connectivity index (χ4v) is 4.87. The van der Waals surface area contributed by atoms with Gasteiger partial charge in [0.2, 0.25) is 0 Å². The van der Waals surface area contributed by atoms with Crippen LogP contribution in [0.5, 0.6) is 5.75 Å². The summed E-state index contributed by atoms with van der Waals surface area (Å²) in [7, 11) is 0. The molecule has 6 heteroatoms. The summed E-state index contributed by atoms with van der Waals surface area (Å²) in [6, 6.07) is 26.6. The first-order valence-corrected chi connectivity index (χ1v) is 11.6. The third-order valence-electron chi connectivity index (χ3n) is 6.48. The van der Waals surface area contributed by atoms with Gasteiger partial charge in [-0.25, -0.2) is 9.18 Å². The van der Waals surface area contributed by atoms with E-state index in [1.54, 1.807) is 6.07 Å². The van der Waals surface area contributed by atoms with Crippen molar-refractivity contribution in [2.75, 3.05) is 13.1 Å². The van der Waals surface area contributed by atoms with Gasteiger partial charge in [-0.15, -0.1) is 12.4 Å². The van der Waals surface area contributed by atoms with Gasteiger partial charge in [0, 0.05) is 18.0 Å². The van der Waals surface area contributed by atoms with Crippen molar-refractivity contribution in [2.24, 2.45) is 0 Å². The Kier molecular flexibility index (Phi) is 7.69. The molecule has 1 heterocycles. The van der Waals surface area contributed by atoms with E-state index in [9.17, 15) is 14.3 Å². The van der Waals surface area contributed by atoms with Gasteiger partial charge in [0.1, 0.15) is 17.7 Å². The number of carbonyl (C=O) groups is 1. The summed E-state index contributed by atoms with van der Waals surface area (Å²) >= 11 is 0. The molecule has 180 valence electrons. The number of fused-ring (bicyclic) bond motifs is 2. The van der Waals surface area contributed by atoms with E-state index >= 15 is 0 Å². The minimum Gasteiger partial charge on any atom is -0.489 e. The highest BCUT2D eigenvalue weighted by Crippen LogP contribution is 2.40. The predicted molar refractivity (Wildman–Crippen MR) is 138 cm³/mol. The third-order valence-corrected chi connectivity index (χ3v) is 6.48. The molecule has 0 saturated heterocycles. The highest BCUT2D eigenvalue weighted by Gasteiger charge is 2.30. The molecule has 4 nitrogen and oxygen atoms in total. The van der Waals surface area contributed by atoms with Crippen LogP contribution in [-0.2, 0) is 6.42 Å². The van der Waals surface area contributed by atoms with Crippen LogP contribution in [-0.4, -0.2) is 30.3 Å². The lowest BCUT2D eigenvalue weighted by Crippen LogP contribution is -2.36. The first-order chi connectivity index (χ1) is 16.6. The standard InChI is InChI=1S/C29H26FNO3.ClH/c30-23-15-21(14-22(16-23)29(32)33)27-17-24(34-28-11-4-3-10-26(27)28)18-31-13-12-20-8-5-7-19-6-1-2-9-25(19)20;/h1-11,14-16,24,27,31H,12-13,17-18H2,(H,32,33);1H. The van der Waals surface area contributed by atoms with Gasteiger partial charge in [0.05, 0.1) is 5.56 Å². The van der Waals surface area contributed by atoms with Crippen molar-refractivity contribution in [2.45, 2.75) is 24.9 Å². The van der Waals surface area contributed by atoms with E-state index in [0.29, 0.717) is 18.5 Å². The Bertz CT molecular complexity index is 1340. The zero-order valence-electron chi connectivity index (χ0n) is 19.1. The molecule has 2 unspecified atom stereocenters. The predicted octanol–water partition coefficient (Wildman–Crippen LogP) is 6.21. The summed E-state index contributed by atoms with van der Waals surface area (Å²) in [6.45, 7) is 1.46. The average Bonchev–Trinajstić information content (AvgIpc) is 2.85. The van der Waals surface area contributed by atoms with E-state index in [2.05, 4.69) is 47.8 Å². The molecule has 0 spiro atoms. The van der Waals surface area contributed by atoms with E-state index in [1.165, 1.54) is 22.4 Å². The van der Waals surface area contributed by atoms with Gasteiger partial charge in [-0.3, -0.25) is 0 Å². The van der Waals surface area contributed by atoms with Crippen molar-refractivity contribution in [1.82, 2.24) is 5.32 Å². The van der Waals surface area contributed by atoms with Crippen molar-refractivity contribution in [3.63, 3.8) is 0 Å². The Hall–Kier alpha value is -3.41. The van der Waals surface area contributed by atoms with Gasteiger partial charge in [-0.1, -0.05) is 60.7 Å². The lowest BCUT2D eigenvalue weighted by molar-refractivity contribution is 0.0696. The first-order valence-electron chi connectivity index (χ1n) is 11.6. The number of hydrogen-bond donors (Lipinski definition) is 2. The van der Waals surface area contributed by atoms with Crippen molar-refractivity contribution in [3.05, 3.63) is 113 Å². The lowest BCUT2D eigenvalue weighted by atomic mass is 9.83. The van der Waals surface area contributed by atoms with Crippen LogP contribution in [0, 0.1) is 5.82 Å². The zero-order chi connectivity index (χ0) is 23.5. The highest BCUT2D eigenvalue weighted by molar-refractivity contribution is 5.88. The van der Waals surface area contributed by atoms with Gasteiger partial charge in [-0.05, 0) is 65.6 Å². The maximum Gasteiger partial charge on any atom is 0.335 e. The molecule has 4 aromatic carbocycles. The molecule has 0 bridgehead atoms. The average molecular weight is 492 g/mol. The van der Waals surface area contributed by atoms with Gasteiger partial charge < -0.3 is 15.2 Å². The Morgan fingerprint density at radius 2 is 1.77 bits per heavy atom. The molecule has 2 atom stereocenters. The molecule has 4 aromatic rings. The second-order valence-corrected chi connectivity index (χ2v) is 8.74. The van der Waals surface area contributed by atoms with Gasteiger partial charge in [0.15, 0.2) is 0 Å². The minimum absolute atomic E-state index is 0. The number of para-hydroxylation sites is 1. The maximum absolute atomic E-state index is 14.2. The summed E-state index contributed by atoms with van der Waals surface area (Å²) in [6.07, 6.45) is 1.43. The van der Waals surface area contributed by atoms with E-state index in [-0.39, 0.29) is 30.0 Å². The van der Waals surface area contributed by atoms with Crippen molar-refractivity contribution in [3.8, 4) is 5.75 Å². The Labute approximate surface area is 210 Å². The number of carboxylic acids is 1. The molecular formula is C29H27ClFNO3. The van der Waals surface area contributed by atoms with E-state index < -0.39 is 11.8 Å². The number of carboxylic acid groups (broad SMARTS) is 1. The number of rotatable bonds is 7. The van der Waals surface area contributed by atoms with Crippen LogP contribution in [0.4, 0.5) is 4.39 Å². The van der Waals surface area contributed by atoms with Crippen LogP contribution in [0.1, 0.15) is 39.4 Å². The number of halogens is 2. The molecule has 0 saturated carbocycles. The third kappa shape index (κ3) is 5.47. The highest BCUT2D eigenvalue weighted by atomic mass is 35.5. The van der Waals surface area contributed by atoms with Crippen LogP contribution >= 0.6 is 12.4 Å². The quantitative estimate of drug-likeness (QED) is 0.301. The summed E-state index contributed by atoms with van der Waals surface area (Å²) in [5.74, 6) is -1.04. The van der Waals surface area contributed by atoms with E-state index in [4.69, 9.17) is 4.74 Å². The van der Waals surface area contributed by atoms with Crippen molar-refractivity contribution in [1.29, 1.82) is 0 Å². The molecule has 1 aliphatic rings. The van der Waals surface area contributed by atoms with Crippen LogP contribution in [0.15, 0.2) is 84.9 Å². The Morgan fingerprint density at radius 3 is 2.63 bits per heavy atom. The van der Waals surface area contributed by atoms with Gasteiger partial charge in [-0.2, -0.15) is 0 Å². The molecule has 5 rings (SSSR count). The molecule has 2 N–H and O–H groups in total. The van der Waals surface area contributed by atoms with Crippen LogP contribution in [0.3, 0.4) is 0 Å². The molecule has 0 aliphatic carbocycles.